The van der Waals surface area contributed by atoms with Crippen LogP contribution < -0.4 is 5.73 Å². The van der Waals surface area contributed by atoms with Crippen molar-refractivity contribution in [1.82, 2.24) is 0 Å². The molecule has 0 aliphatic heterocycles. The summed E-state index contributed by atoms with van der Waals surface area (Å²) in [5, 5.41) is 45.1. The van der Waals surface area contributed by atoms with E-state index in [-0.39, 0.29) is 5.39 Å². The first-order chi connectivity index (χ1) is 25.6. The lowest BCUT2D eigenvalue weighted by atomic mass is 10.1. The number of nitrogens with zero attached hydrogens (tertiary/aromatic N) is 5. The van der Waals surface area contributed by atoms with Gasteiger partial charge in [-0.2, -0.15) is 33.7 Å². The average molecular weight is 879 g/mol. The predicted octanol–water partition coefficient (Wildman–Crippen LogP) is 3.71. The van der Waals surface area contributed by atoms with Crippen LogP contribution in [-0.4, -0.2) is 79.6 Å². The smallest absolute Gasteiger partial charge is 0.425 e. The summed E-state index contributed by atoms with van der Waals surface area (Å²) >= 11 is 0. The number of hydrogen-bond donors (Lipinski definition) is 7. The average Bonchev–Trinajstić information content (AvgIpc) is 3.04. The van der Waals surface area contributed by atoms with Crippen LogP contribution in [0.1, 0.15) is 0 Å². The fourth-order valence-electron chi connectivity index (χ4n) is 4.81. The standard InChI is InChI=1S/C26H18N6O16S4.O3S/c27-24-19(31-30-18-6-2-13-15(26(18)52(46,47)48)8-12(9-20(13)33)49(37,38)39)10-21(50(40,41)42)14-3-5-17(25(34)23(14)24)29-28-16-4-1-11(32(35)36)7-22(16)51(43,44)45;1-4(2)3/h1-10,33-34H,27H2,(H,37,38,39)(H,40,41,42)(H,43,44,45)(H,46,47,48);. The molecule has 25 nitrogen and oxygen atoms in total. The van der Waals surface area contributed by atoms with Gasteiger partial charge in [0.15, 0.2) is 5.75 Å². The van der Waals surface area contributed by atoms with Crippen LogP contribution >= 0.6 is 0 Å². The van der Waals surface area contributed by atoms with Crippen LogP contribution in [0.5, 0.6) is 11.5 Å². The molecule has 0 saturated heterocycles. The quantitative estimate of drug-likeness (QED) is 0.0365. The molecular weight excluding hydrogens is 861 g/mol. The highest BCUT2D eigenvalue weighted by Gasteiger charge is 2.26. The van der Waals surface area contributed by atoms with E-state index >= 15 is 0 Å². The molecule has 0 unspecified atom stereocenters. The van der Waals surface area contributed by atoms with Crippen LogP contribution in [-0.2, 0) is 51.1 Å². The Hall–Kier alpha value is -6.12. The van der Waals surface area contributed by atoms with Gasteiger partial charge in [-0.05, 0) is 36.4 Å². The van der Waals surface area contributed by atoms with Crippen molar-refractivity contribution in [3.63, 3.8) is 0 Å². The number of nitro benzene ring substituents is 1. The second kappa shape index (κ2) is 15.2. The van der Waals surface area contributed by atoms with Gasteiger partial charge in [-0.1, -0.05) is 6.07 Å². The Balaban J connectivity index is 0.00000166. The maximum Gasteiger partial charge on any atom is 0.425 e. The van der Waals surface area contributed by atoms with Gasteiger partial charge < -0.3 is 15.9 Å². The lowest BCUT2D eigenvalue weighted by molar-refractivity contribution is -0.385. The molecule has 5 aromatic rings. The van der Waals surface area contributed by atoms with Crippen LogP contribution in [0.15, 0.2) is 101 Å². The molecule has 0 atom stereocenters. The highest BCUT2D eigenvalue weighted by molar-refractivity contribution is 7.87. The molecule has 0 aliphatic carbocycles. The maximum absolute atomic E-state index is 12.4. The first-order valence-corrected chi connectivity index (χ1v) is 20.6. The van der Waals surface area contributed by atoms with Gasteiger partial charge in [-0.15, -0.1) is 33.1 Å². The number of non-ortho nitro benzene ring substituents is 1. The van der Waals surface area contributed by atoms with Gasteiger partial charge in [0.25, 0.3) is 46.2 Å². The third-order valence-corrected chi connectivity index (χ3v) is 10.6. The predicted molar refractivity (Wildman–Crippen MR) is 186 cm³/mol. The highest BCUT2D eigenvalue weighted by atomic mass is 32.2. The molecule has 56 heavy (non-hydrogen) atoms. The Labute approximate surface area is 313 Å². The van der Waals surface area contributed by atoms with Gasteiger partial charge in [-0.3, -0.25) is 28.3 Å². The van der Waals surface area contributed by atoms with Gasteiger partial charge in [0.2, 0.25) is 0 Å². The van der Waals surface area contributed by atoms with E-state index in [4.69, 9.17) is 18.4 Å². The molecule has 0 radical (unpaired) electrons. The number of nitrogens with two attached hydrogens (primary N) is 1. The molecule has 0 aromatic heterocycles. The number of fused-ring (bicyclic) bond motifs is 2. The van der Waals surface area contributed by atoms with Crippen LogP contribution in [0.3, 0.4) is 0 Å². The summed E-state index contributed by atoms with van der Waals surface area (Å²) in [7, 11) is -23.7. The normalized spacial score (nSPS) is 12.6. The minimum Gasteiger partial charge on any atom is -0.507 e. The van der Waals surface area contributed by atoms with E-state index < -0.39 is 137 Å². The van der Waals surface area contributed by atoms with E-state index in [9.17, 15) is 72.2 Å². The van der Waals surface area contributed by atoms with Crippen LogP contribution in [0.2, 0.25) is 0 Å². The number of phenolic OH excluding ortho intramolecular Hbond substituents is 2. The summed E-state index contributed by atoms with van der Waals surface area (Å²) in [6, 6.07) is 7.80. The van der Waals surface area contributed by atoms with Crippen molar-refractivity contribution >= 4 is 107 Å². The number of benzene rings is 5. The molecule has 296 valence electrons. The van der Waals surface area contributed by atoms with Crippen LogP contribution in [0.4, 0.5) is 34.1 Å². The van der Waals surface area contributed by atoms with Crippen molar-refractivity contribution in [2.45, 2.75) is 19.6 Å². The summed E-state index contributed by atoms with van der Waals surface area (Å²) < 4.78 is 161. The van der Waals surface area contributed by atoms with Gasteiger partial charge in [0.1, 0.15) is 43.2 Å². The van der Waals surface area contributed by atoms with Crippen LogP contribution in [0, 0.1) is 10.1 Å². The van der Waals surface area contributed by atoms with Crippen molar-refractivity contribution in [2.75, 3.05) is 5.73 Å². The third kappa shape index (κ3) is 9.21. The molecule has 30 heteroatoms. The Morgan fingerprint density at radius 3 is 1.62 bits per heavy atom. The van der Waals surface area contributed by atoms with Gasteiger partial charge >= 0.3 is 10.6 Å². The Morgan fingerprint density at radius 1 is 0.589 bits per heavy atom. The molecular formula is C26H18N6O19S5. The lowest BCUT2D eigenvalue weighted by Gasteiger charge is -2.12. The van der Waals surface area contributed by atoms with Crippen molar-refractivity contribution in [2.24, 2.45) is 20.5 Å². The van der Waals surface area contributed by atoms with Gasteiger partial charge in [0.05, 0.1) is 20.9 Å². The number of rotatable bonds is 9. The summed E-state index contributed by atoms with van der Waals surface area (Å²) in [5.41, 5.74) is 2.22. The first-order valence-electron chi connectivity index (χ1n) is 13.8. The lowest BCUT2D eigenvalue weighted by Crippen LogP contribution is -2.03. The number of hydrogen-bond acceptors (Lipinski definition) is 20. The number of phenols is 2. The monoisotopic (exact) mass is 878 g/mol. The van der Waals surface area contributed by atoms with E-state index in [2.05, 4.69) is 20.5 Å². The molecule has 0 heterocycles. The SMILES string of the molecule is Nc1c(N=Nc2ccc3c(O)cc(S(=O)(=O)O)cc3c2S(=O)(=O)O)cc(S(=O)(=O)O)c2ccc(N=Nc3ccc([N+](=O)[O-])cc3S(=O)(=O)O)c(O)c12.O=S(=O)=O. The topological polar surface area (TPSA) is 428 Å². The number of azo groups is 2. The number of nitrogen functional groups attached to an aromatic ring is 1. The fourth-order valence-corrected chi connectivity index (χ4v) is 7.51. The Morgan fingerprint density at radius 2 is 1.09 bits per heavy atom. The number of nitro groups is 1. The van der Waals surface area contributed by atoms with Crippen molar-refractivity contribution in [3.05, 3.63) is 70.8 Å². The van der Waals surface area contributed by atoms with Crippen molar-refractivity contribution in [3.8, 4) is 11.5 Å². The van der Waals surface area contributed by atoms with E-state index in [1.54, 1.807) is 0 Å². The molecule has 0 spiro atoms. The summed E-state index contributed by atoms with van der Waals surface area (Å²) in [4.78, 5) is 6.03. The Bertz CT molecular complexity index is 3150. The van der Waals surface area contributed by atoms with Crippen LogP contribution in [0.25, 0.3) is 21.5 Å². The first kappa shape index (κ1) is 42.6. The zero-order valence-electron chi connectivity index (χ0n) is 26.6. The number of anilines is 1. The molecule has 0 fully saturated rings. The summed E-state index contributed by atoms with van der Waals surface area (Å²) in [5.74, 6) is -1.80. The summed E-state index contributed by atoms with van der Waals surface area (Å²) in [6.45, 7) is 0. The third-order valence-electron chi connectivity index (χ3n) is 7.05. The summed E-state index contributed by atoms with van der Waals surface area (Å²) in [6.07, 6.45) is 0. The molecule has 0 bridgehead atoms. The van der Waals surface area contributed by atoms with Gasteiger partial charge in [0, 0.05) is 34.4 Å². The molecule has 5 aromatic carbocycles. The van der Waals surface area contributed by atoms with Crippen molar-refractivity contribution < 1.29 is 79.6 Å². The zero-order chi connectivity index (χ0) is 42.3. The van der Waals surface area contributed by atoms with E-state index in [1.165, 1.54) is 0 Å². The molecule has 0 aliphatic rings. The fraction of sp³-hybridized carbons (Fsp3) is 0. The maximum atomic E-state index is 12.4. The minimum atomic E-state index is -5.34. The number of aromatic hydroxyl groups is 2. The van der Waals surface area contributed by atoms with Gasteiger partial charge in [-0.25, -0.2) is 0 Å². The largest absolute Gasteiger partial charge is 0.507 e. The molecule has 0 amide bonds. The molecule has 8 N–H and O–H groups in total. The van der Waals surface area contributed by atoms with Crippen molar-refractivity contribution in [1.29, 1.82) is 0 Å². The Kier molecular flexibility index (Phi) is 11.6. The van der Waals surface area contributed by atoms with E-state index in [0.29, 0.717) is 24.3 Å². The second-order valence-electron chi connectivity index (χ2n) is 10.5. The van der Waals surface area contributed by atoms with E-state index in [0.717, 1.165) is 36.4 Å². The highest BCUT2D eigenvalue weighted by Crippen LogP contribution is 2.46. The van der Waals surface area contributed by atoms with E-state index in [1.807, 2.05) is 0 Å². The second-order valence-corrected chi connectivity index (χ2v) is 16.5. The molecule has 0 saturated carbocycles. The zero-order valence-corrected chi connectivity index (χ0v) is 30.7. The molecule has 5 rings (SSSR count). The minimum absolute atomic E-state index is 0.332.